The molecule has 1 fully saturated rings. The van der Waals surface area contributed by atoms with Gasteiger partial charge in [0, 0.05) is 32.9 Å². The number of hydrogen-bond donors (Lipinski definition) is 3. The lowest BCUT2D eigenvalue weighted by Gasteiger charge is -2.38. The number of aromatic amines is 1. The van der Waals surface area contributed by atoms with Gasteiger partial charge in [-0.2, -0.15) is 0 Å². The fraction of sp³-hybridized carbons (Fsp3) is 0.609. The van der Waals surface area contributed by atoms with Gasteiger partial charge in [-0.25, -0.2) is 0 Å². The van der Waals surface area contributed by atoms with Gasteiger partial charge < -0.3 is 29.8 Å². The van der Waals surface area contributed by atoms with Gasteiger partial charge in [0.2, 0.25) is 5.95 Å². The van der Waals surface area contributed by atoms with Crippen molar-refractivity contribution < 1.29 is 19.4 Å². The van der Waals surface area contributed by atoms with E-state index >= 15 is 0 Å². The number of aliphatic carboxylic acids is 1. The Hall–Kier alpha value is -2.65. The molecule has 1 aromatic heterocycles. The Kier molecular flexibility index (Phi) is 8.46. The van der Waals surface area contributed by atoms with Gasteiger partial charge in [-0.15, -0.1) is 10.2 Å². The number of methoxy groups -OCH3 is 1. The van der Waals surface area contributed by atoms with Crippen LogP contribution in [0.1, 0.15) is 57.3 Å². The average Bonchev–Trinajstić information content (AvgIpc) is 3.19. The van der Waals surface area contributed by atoms with Gasteiger partial charge in [0.1, 0.15) is 6.61 Å². The largest absolute Gasteiger partial charge is 0.481 e. The summed E-state index contributed by atoms with van der Waals surface area (Å²) in [5, 5.41) is 20.9. The molecule has 32 heavy (non-hydrogen) atoms. The average molecular weight is 446 g/mol. The first-order chi connectivity index (χ1) is 15.4. The summed E-state index contributed by atoms with van der Waals surface area (Å²) in [5.74, 6) is 0.727. The molecule has 9 nitrogen and oxygen atoms in total. The zero-order valence-electron chi connectivity index (χ0n) is 19.4. The molecule has 0 bridgehead atoms. The highest BCUT2D eigenvalue weighted by Gasteiger charge is 2.25. The third-order valence-corrected chi connectivity index (χ3v) is 5.64. The molecule has 1 aliphatic heterocycles. The van der Waals surface area contributed by atoms with Crippen molar-refractivity contribution in [3.8, 4) is 0 Å². The predicted octanol–water partition coefficient (Wildman–Crippen LogP) is 3.91. The second-order valence-corrected chi connectivity index (χ2v) is 8.84. The smallest absolute Gasteiger partial charge is 0.303 e. The summed E-state index contributed by atoms with van der Waals surface area (Å²) in [4.78, 5) is 16.8. The van der Waals surface area contributed by atoms with Crippen molar-refractivity contribution in [2.45, 2.75) is 58.6 Å². The maximum atomic E-state index is 11.3. The van der Waals surface area contributed by atoms with Crippen LogP contribution >= 0.6 is 0 Å². The first-order valence-corrected chi connectivity index (χ1v) is 11.2. The van der Waals surface area contributed by atoms with Crippen LogP contribution < -0.4 is 10.2 Å². The van der Waals surface area contributed by atoms with E-state index in [2.05, 4.69) is 45.3 Å². The van der Waals surface area contributed by atoms with Crippen molar-refractivity contribution >= 4 is 23.3 Å². The van der Waals surface area contributed by atoms with E-state index in [-0.39, 0.29) is 12.3 Å². The molecule has 0 spiro atoms. The normalized spacial score (nSPS) is 15.7. The van der Waals surface area contributed by atoms with E-state index in [4.69, 9.17) is 9.47 Å². The van der Waals surface area contributed by atoms with E-state index in [0.717, 1.165) is 49.5 Å². The van der Waals surface area contributed by atoms with Gasteiger partial charge in [-0.1, -0.05) is 26.8 Å². The van der Waals surface area contributed by atoms with Gasteiger partial charge >= 0.3 is 5.97 Å². The van der Waals surface area contributed by atoms with Crippen molar-refractivity contribution in [1.29, 1.82) is 0 Å². The number of rotatable bonds is 11. The Morgan fingerprint density at radius 2 is 2.06 bits per heavy atom. The van der Waals surface area contributed by atoms with Crippen LogP contribution in [0.3, 0.4) is 0 Å². The lowest BCUT2D eigenvalue weighted by Crippen LogP contribution is -2.42. The third-order valence-electron chi connectivity index (χ3n) is 5.64. The fourth-order valence-electron chi connectivity index (χ4n) is 4.11. The molecule has 1 unspecified atom stereocenters. The first kappa shape index (κ1) is 24.0. The van der Waals surface area contributed by atoms with Gasteiger partial charge in [-0.3, -0.25) is 4.79 Å². The molecule has 1 aromatic carbocycles. The molecule has 176 valence electrons. The van der Waals surface area contributed by atoms with Crippen molar-refractivity contribution in [3.63, 3.8) is 0 Å². The Labute approximate surface area is 189 Å². The monoisotopic (exact) mass is 445 g/mol. The zero-order valence-corrected chi connectivity index (χ0v) is 19.4. The van der Waals surface area contributed by atoms with Crippen LogP contribution in [0.5, 0.6) is 0 Å². The van der Waals surface area contributed by atoms with E-state index in [1.807, 2.05) is 19.1 Å². The molecule has 1 aliphatic rings. The fourth-order valence-corrected chi connectivity index (χ4v) is 4.11. The Balaban J connectivity index is 1.98. The summed E-state index contributed by atoms with van der Waals surface area (Å²) in [7, 11) is 1.61. The van der Waals surface area contributed by atoms with E-state index in [0.29, 0.717) is 30.3 Å². The molecular weight excluding hydrogens is 410 g/mol. The van der Waals surface area contributed by atoms with Crippen LogP contribution in [0.2, 0.25) is 0 Å². The highest BCUT2D eigenvalue weighted by Crippen LogP contribution is 2.35. The number of anilines is 3. The molecule has 0 radical (unpaired) electrons. The van der Waals surface area contributed by atoms with Gasteiger partial charge in [0.15, 0.2) is 5.82 Å². The standard InChI is InChI=1S/C23H35N5O4/c1-15(2)13-28(18-7-9-32-10-8-18)20-6-5-17(16(3)11-22(29)30)12-19(20)24-23-25-21(14-31-4)26-27-23/h5-6,12,15-16,18H,7-11,13-14H2,1-4H3,(H,29,30)(H2,24,25,26,27). The quantitative estimate of drug-likeness (QED) is 0.477. The van der Waals surface area contributed by atoms with Crippen molar-refractivity contribution in [2.24, 2.45) is 5.92 Å². The summed E-state index contributed by atoms with van der Waals surface area (Å²) in [6.07, 6.45) is 2.03. The van der Waals surface area contributed by atoms with Crippen LogP contribution in [-0.2, 0) is 20.9 Å². The van der Waals surface area contributed by atoms with Crippen LogP contribution in [0.25, 0.3) is 0 Å². The molecule has 2 heterocycles. The van der Waals surface area contributed by atoms with E-state index in [9.17, 15) is 9.90 Å². The minimum Gasteiger partial charge on any atom is -0.481 e. The Bertz CT molecular complexity index is 879. The molecule has 0 aliphatic carbocycles. The molecule has 3 rings (SSSR count). The summed E-state index contributed by atoms with van der Waals surface area (Å²) in [6.45, 7) is 9.15. The lowest BCUT2D eigenvalue weighted by molar-refractivity contribution is -0.137. The van der Waals surface area contributed by atoms with Gasteiger partial charge in [0.05, 0.1) is 17.8 Å². The topological polar surface area (TPSA) is 113 Å². The van der Waals surface area contributed by atoms with Crippen LogP contribution in [0.4, 0.5) is 17.3 Å². The number of hydrogen-bond acceptors (Lipinski definition) is 7. The van der Waals surface area contributed by atoms with Crippen LogP contribution in [-0.4, -0.2) is 59.2 Å². The zero-order chi connectivity index (χ0) is 23.1. The highest BCUT2D eigenvalue weighted by molar-refractivity contribution is 5.75. The molecule has 2 aromatic rings. The van der Waals surface area contributed by atoms with Gasteiger partial charge in [-0.05, 0) is 42.4 Å². The Morgan fingerprint density at radius 1 is 1.31 bits per heavy atom. The number of ether oxygens (including phenoxy) is 2. The number of carboxylic acids is 1. The highest BCUT2D eigenvalue weighted by atomic mass is 16.5. The number of carbonyl (C=O) groups is 1. The third kappa shape index (κ3) is 6.43. The molecule has 3 N–H and O–H groups in total. The molecule has 0 saturated carbocycles. The Morgan fingerprint density at radius 3 is 2.72 bits per heavy atom. The van der Waals surface area contributed by atoms with Crippen LogP contribution in [0.15, 0.2) is 18.2 Å². The van der Waals surface area contributed by atoms with Crippen molar-refractivity contribution in [2.75, 3.05) is 37.1 Å². The van der Waals surface area contributed by atoms with E-state index in [1.54, 1.807) is 7.11 Å². The summed E-state index contributed by atoms with van der Waals surface area (Å²) < 4.78 is 10.7. The van der Waals surface area contributed by atoms with Crippen molar-refractivity contribution in [1.82, 2.24) is 15.2 Å². The maximum Gasteiger partial charge on any atom is 0.303 e. The SMILES string of the molecule is COCc1nnc(Nc2cc(C(C)CC(=O)O)ccc2N(CC(C)C)C2CCOCC2)[nH]1. The number of benzene rings is 1. The minimum absolute atomic E-state index is 0.0781. The molecule has 9 heteroatoms. The predicted molar refractivity (Wildman–Crippen MR) is 124 cm³/mol. The summed E-state index contributed by atoms with van der Waals surface area (Å²) in [5.41, 5.74) is 2.92. The lowest BCUT2D eigenvalue weighted by atomic mass is 9.95. The number of H-pyrrole nitrogens is 1. The minimum atomic E-state index is -0.806. The molecule has 1 atom stereocenters. The summed E-state index contributed by atoms with van der Waals surface area (Å²) >= 11 is 0. The number of nitrogens with one attached hydrogen (secondary N) is 2. The van der Waals surface area contributed by atoms with Crippen molar-refractivity contribution in [3.05, 3.63) is 29.6 Å². The van der Waals surface area contributed by atoms with Crippen LogP contribution in [0, 0.1) is 5.92 Å². The van der Waals surface area contributed by atoms with Gasteiger partial charge in [0.25, 0.3) is 0 Å². The van der Waals surface area contributed by atoms with E-state index < -0.39 is 5.97 Å². The maximum absolute atomic E-state index is 11.3. The second kappa shape index (κ2) is 11.3. The second-order valence-electron chi connectivity index (χ2n) is 8.84. The summed E-state index contributed by atoms with van der Waals surface area (Å²) in [6, 6.07) is 6.55. The number of carboxylic acid groups (broad SMARTS) is 1. The molecule has 1 saturated heterocycles. The molecular formula is C23H35N5O4. The number of aromatic nitrogens is 3. The molecule has 0 amide bonds. The first-order valence-electron chi connectivity index (χ1n) is 11.2. The van der Waals surface area contributed by atoms with E-state index in [1.165, 1.54) is 0 Å². The number of nitrogens with zero attached hydrogens (tertiary/aromatic N) is 3.